The van der Waals surface area contributed by atoms with Crippen LogP contribution in [0.1, 0.15) is 23.4 Å². The van der Waals surface area contributed by atoms with Gasteiger partial charge in [0.1, 0.15) is 5.82 Å². The monoisotopic (exact) mass is 316 g/mol. The maximum Gasteiger partial charge on any atom is 0.248 e. The Morgan fingerprint density at radius 1 is 1.12 bits per heavy atom. The minimum Gasteiger partial charge on any atom is -0.293 e. The Kier molecular flexibility index (Phi) is 2.55. The van der Waals surface area contributed by atoms with Crippen molar-refractivity contribution in [3.8, 4) is 11.1 Å². The number of carbonyl (C=O) groups is 1. The molecule has 2 N–H and O–H groups in total. The zero-order chi connectivity index (χ0) is 16.3. The van der Waals surface area contributed by atoms with Crippen LogP contribution in [0.15, 0.2) is 48.5 Å². The van der Waals surface area contributed by atoms with Gasteiger partial charge in [0.2, 0.25) is 11.9 Å². The number of nitrogens with one attached hydrogen (secondary N) is 2. The van der Waals surface area contributed by atoms with Gasteiger partial charge in [-0.25, -0.2) is 0 Å². The largest absolute Gasteiger partial charge is 0.293 e. The highest BCUT2D eigenvalue weighted by Crippen LogP contribution is 2.66. The van der Waals surface area contributed by atoms with E-state index in [0.29, 0.717) is 11.8 Å². The first-order valence-corrected chi connectivity index (χ1v) is 8.09. The molecule has 1 atom stereocenters. The van der Waals surface area contributed by atoms with E-state index in [1.807, 2.05) is 6.92 Å². The van der Waals surface area contributed by atoms with Crippen LogP contribution in [-0.4, -0.2) is 21.1 Å². The maximum absolute atomic E-state index is 12.8. The van der Waals surface area contributed by atoms with Crippen molar-refractivity contribution in [1.29, 1.82) is 0 Å². The van der Waals surface area contributed by atoms with Gasteiger partial charge in [-0.05, 0) is 35.6 Å². The number of amides is 1. The summed E-state index contributed by atoms with van der Waals surface area (Å²) in [6.45, 7) is 1.81. The standard InChI is InChI=1S/C19H16N4O/c1-11-20-18(23-22-11)21-17(24)16-10-19(16)14-8-4-2-6-12(14)13-7-3-5-9-15(13)19/h2-9,16H,10H2,1H3,(H2,20,21,22,23,24). The normalized spacial score (nSPS) is 19.0. The minimum absolute atomic E-state index is 0.0134. The molecule has 1 amide bonds. The van der Waals surface area contributed by atoms with Crippen molar-refractivity contribution >= 4 is 11.9 Å². The smallest absolute Gasteiger partial charge is 0.248 e. The van der Waals surface area contributed by atoms with Crippen LogP contribution in [0.25, 0.3) is 11.1 Å². The van der Waals surface area contributed by atoms with E-state index in [1.165, 1.54) is 22.3 Å². The summed E-state index contributed by atoms with van der Waals surface area (Å²) in [5.41, 5.74) is 4.83. The average molecular weight is 316 g/mol. The molecule has 2 aromatic carbocycles. The molecular weight excluding hydrogens is 300 g/mol. The van der Waals surface area contributed by atoms with E-state index in [0.717, 1.165) is 6.42 Å². The molecular formula is C19H16N4O. The molecule has 1 heterocycles. The van der Waals surface area contributed by atoms with Crippen molar-refractivity contribution in [2.75, 3.05) is 5.32 Å². The molecule has 24 heavy (non-hydrogen) atoms. The summed E-state index contributed by atoms with van der Waals surface area (Å²) in [5.74, 6) is 0.938. The summed E-state index contributed by atoms with van der Waals surface area (Å²) < 4.78 is 0. The van der Waals surface area contributed by atoms with Gasteiger partial charge in [0, 0.05) is 5.41 Å². The lowest BCUT2D eigenvalue weighted by Crippen LogP contribution is -2.21. The average Bonchev–Trinajstić information content (AvgIpc) is 3.14. The van der Waals surface area contributed by atoms with Gasteiger partial charge < -0.3 is 0 Å². The highest BCUT2D eigenvalue weighted by atomic mass is 16.2. The zero-order valence-corrected chi connectivity index (χ0v) is 13.2. The van der Waals surface area contributed by atoms with E-state index in [-0.39, 0.29) is 17.2 Å². The van der Waals surface area contributed by atoms with E-state index >= 15 is 0 Å². The second-order valence-corrected chi connectivity index (χ2v) is 6.55. The van der Waals surface area contributed by atoms with Crippen LogP contribution in [-0.2, 0) is 10.2 Å². The Morgan fingerprint density at radius 2 is 1.75 bits per heavy atom. The molecule has 1 fully saturated rings. The number of rotatable bonds is 2. The molecule has 0 aliphatic heterocycles. The van der Waals surface area contributed by atoms with Crippen LogP contribution in [0.3, 0.4) is 0 Å². The number of carbonyl (C=O) groups excluding carboxylic acids is 1. The van der Waals surface area contributed by atoms with Gasteiger partial charge >= 0.3 is 0 Å². The number of hydrogen-bond donors (Lipinski definition) is 2. The first kappa shape index (κ1) is 13.5. The van der Waals surface area contributed by atoms with Crippen LogP contribution in [0, 0.1) is 12.8 Å². The quantitative estimate of drug-likeness (QED) is 0.763. The van der Waals surface area contributed by atoms with E-state index in [9.17, 15) is 4.79 Å². The summed E-state index contributed by atoms with van der Waals surface area (Å²) >= 11 is 0. The molecule has 1 unspecified atom stereocenters. The van der Waals surface area contributed by atoms with Gasteiger partial charge in [0.25, 0.3) is 0 Å². The number of H-pyrrole nitrogens is 1. The lowest BCUT2D eigenvalue weighted by molar-refractivity contribution is -0.117. The Morgan fingerprint density at radius 3 is 2.33 bits per heavy atom. The molecule has 1 saturated carbocycles. The van der Waals surface area contributed by atoms with Gasteiger partial charge in [-0.1, -0.05) is 48.5 Å². The summed E-state index contributed by atoms with van der Waals surface area (Å²) in [4.78, 5) is 16.9. The highest BCUT2D eigenvalue weighted by Gasteiger charge is 2.64. The van der Waals surface area contributed by atoms with Crippen molar-refractivity contribution in [2.45, 2.75) is 18.8 Å². The number of fused-ring (bicyclic) bond motifs is 5. The SMILES string of the molecule is Cc1nc(NC(=O)C2CC23c2ccccc2-c2ccccc23)n[nH]1. The summed E-state index contributed by atoms with van der Waals surface area (Å²) in [6.07, 6.45) is 0.830. The summed E-state index contributed by atoms with van der Waals surface area (Å²) in [5, 5.41) is 9.60. The third-order valence-corrected chi connectivity index (χ3v) is 5.22. The third-order valence-electron chi connectivity index (χ3n) is 5.22. The summed E-state index contributed by atoms with van der Waals surface area (Å²) in [7, 11) is 0. The lowest BCUT2D eigenvalue weighted by Gasteiger charge is -2.13. The number of anilines is 1. The number of aryl methyl sites for hydroxylation is 1. The highest BCUT2D eigenvalue weighted by molar-refractivity contribution is 5.98. The molecule has 5 rings (SSSR count). The molecule has 2 aliphatic carbocycles. The topological polar surface area (TPSA) is 70.7 Å². The number of nitrogens with zero attached hydrogens (tertiary/aromatic N) is 2. The van der Waals surface area contributed by atoms with Crippen LogP contribution < -0.4 is 5.32 Å². The fourth-order valence-corrected chi connectivity index (χ4v) is 4.13. The molecule has 0 bridgehead atoms. The van der Waals surface area contributed by atoms with E-state index in [1.54, 1.807) is 0 Å². The molecule has 5 nitrogen and oxygen atoms in total. The third kappa shape index (κ3) is 1.67. The maximum atomic E-state index is 12.8. The Balaban J connectivity index is 1.54. The predicted octanol–water partition coefficient (Wildman–Crippen LogP) is 3.04. The van der Waals surface area contributed by atoms with Crippen molar-refractivity contribution < 1.29 is 4.79 Å². The predicted molar refractivity (Wildman–Crippen MR) is 90.5 cm³/mol. The Bertz CT molecular complexity index is 929. The van der Waals surface area contributed by atoms with Gasteiger partial charge in [-0.3, -0.25) is 15.2 Å². The van der Waals surface area contributed by atoms with Gasteiger partial charge in [0.15, 0.2) is 0 Å². The number of aromatic amines is 1. The van der Waals surface area contributed by atoms with Crippen LogP contribution >= 0.6 is 0 Å². The molecule has 3 aromatic rings. The molecule has 1 aromatic heterocycles. The van der Waals surface area contributed by atoms with Crippen molar-refractivity contribution in [1.82, 2.24) is 15.2 Å². The Hall–Kier alpha value is -2.95. The van der Waals surface area contributed by atoms with E-state index < -0.39 is 0 Å². The zero-order valence-electron chi connectivity index (χ0n) is 13.2. The second kappa shape index (κ2) is 4.54. The van der Waals surface area contributed by atoms with Crippen LogP contribution in [0.5, 0.6) is 0 Å². The fraction of sp³-hybridized carbons (Fsp3) is 0.211. The van der Waals surface area contributed by atoms with E-state index in [4.69, 9.17) is 0 Å². The van der Waals surface area contributed by atoms with Gasteiger partial charge in [-0.2, -0.15) is 4.98 Å². The molecule has 2 aliphatic rings. The van der Waals surface area contributed by atoms with E-state index in [2.05, 4.69) is 69.0 Å². The first-order chi connectivity index (χ1) is 11.7. The van der Waals surface area contributed by atoms with Crippen molar-refractivity contribution in [2.24, 2.45) is 5.92 Å². The number of benzene rings is 2. The number of hydrogen-bond acceptors (Lipinski definition) is 3. The van der Waals surface area contributed by atoms with Crippen molar-refractivity contribution in [3.63, 3.8) is 0 Å². The van der Waals surface area contributed by atoms with Crippen LogP contribution in [0.4, 0.5) is 5.95 Å². The Labute approximate surface area is 139 Å². The molecule has 118 valence electrons. The summed E-state index contributed by atoms with van der Waals surface area (Å²) in [6, 6.07) is 16.8. The number of aromatic nitrogens is 3. The van der Waals surface area contributed by atoms with Gasteiger partial charge in [-0.15, -0.1) is 5.10 Å². The molecule has 0 saturated heterocycles. The minimum atomic E-state index is -0.192. The molecule has 1 spiro atoms. The fourth-order valence-electron chi connectivity index (χ4n) is 4.13. The van der Waals surface area contributed by atoms with Crippen LogP contribution in [0.2, 0.25) is 0 Å². The van der Waals surface area contributed by atoms with Crippen molar-refractivity contribution in [3.05, 3.63) is 65.5 Å². The second-order valence-electron chi connectivity index (χ2n) is 6.55. The molecule has 0 radical (unpaired) electrons. The first-order valence-electron chi connectivity index (χ1n) is 8.09. The molecule has 5 heteroatoms. The lowest BCUT2D eigenvalue weighted by atomic mass is 9.90. The van der Waals surface area contributed by atoms with Gasteiger partial charge in [0.05, 0.1) is 5.92 Å².